The van der Waals surface area contributed by atoms with Crippen LogP contribution in [0.5, 0.6) is 0 Å². The predicted molar refractivity (Wildman–Crippen MR) is 499 cm³/mol. The van der Waals surface area contributed by atoms with E-state index in [9.17, 15) is 0 Å². The van der Waals surface area contributed by atoms with E-state index in [1.807, 2.05) is 212 Å². The normalized spacial score (nSPS) is 11.6. The van der Waals surface area contributed by atoms with Crippen molar-refractivity contribution < 1.29 is 0 Å². The van der Waals surface area contributed by atoms with Crippen molar-refractivity contribution in [3.05, 3.63) is 385 Å². The number of para-hydroxylation sites is 2. The van der Waals surface area contributed by atoms with Gasteiger partial charge in [0.1, 0.15) is 0 Å². The minimum Gasteiger partial charge on any atom is -0.256 e. The third-order valence-electron chi connectivity index (χ3n) is 22.7. The van der Waals surface area contributed by atoms with Crippen molar-refractivity contribution in [2.24, 2.45) is 0 Å². The lowest BCUT2D eigenvalue weighted by molar-refractivity contribution is 0.820. The second-order valence-electron chi connectivity index (χ2n) is 31.4. The van der Waals surface area contributed by atoms with Crippen molar-refractivity contribution in [1.29, 1.82) is 0 Å². The number of benzene rings is 5. The number of pyridine rings is 14. The van der Waals surface area contributed by atoms with Gasteiger partial charge in [-0.05, 0) is 226 Å². The van der Waals surface area contributed by atoms with Gasteiger partial charge in [0.25, 0.3) is 0 Å². The third-order valence-corrected chi connectivity index (χ3v) is 22.7. The summed E-state index contributed by atoms with van der Waals surface area (Å²) in [4.78, 5) is 73.5. The molecule has 20 heterocycles. The Hall–Kier alpha value is -16.8. The van der Waals surface area contributed by atoms with Crippen LogP contribution in [-0.2, 0) is 64.2 Å². The van der Waals surface area contributed by atoms with E-state index in [2.05, 4.69) is 192 Å². The van der Waals surface area contributed by atoms with E-state index >= 15 is 0 Å². The summed E-state index contributed by atoms with van der Waals surface area (Å²) >= 11 is 0. The molecule has 0 amide bonds. The van der Waals surface area contributed by atoms with E-state index in [4.69, 9.17) is 29.9 Å². The lowest BCUT2D eigenvalue weighted by atomic mass is 10.0. The molecular formula is C102H80N26. The lowest BCUT2D eigenvalue weighted by Gasteiger charge is -2.07. The Bertz CT molecular complexity index is 8010. The number of aromatic nitrogens is 26. The number of hydrogen-bond donors (Lipinski definition) is 0. The summed E-state index contributed by atoms with van der Waals surface area (Å²) in [5.41, 5.74) is 21.2. The molecule has 26 heteroatoms. The largest absolute Gasteiger partial charge is 0.256 e. The highest BCUT2D eigenvalue weighted by atomic mass is 15.3. The molecule has 0 atom stereocenters. The van der Waals surface area contributed by atoms with Gasteiger partial charge in [-0.3, -0.25) is 29.9 Å². The highest BCUT2D eigenvalue weighted by Gasteiger charge is 2.17. The molecule has 0 unspecified atom stereocenters. The molecule has 0 N–H and O–H groups in total. The lowest BCUT2D eigenvalue weighted by Crippen LogP contribution is -1.98. The van der Waals surface area contributed by atoms with Crippen molar-refractivity contribution in [1.82, 2.24) is 128 Å². The third kappa shape index (κ3) is 16.8. The first-order valence-electron chi connectivity index (χ1n) is 42.6. The van der Waals surface area contributed by atoms with E-state index in [0.29, 0.717) is 0 Å². The molecule has 0 aliphatic carbocycles. The molecule has 25 aromatic rings. The molecule has 128 heavy (non-hydrogen) atoms. The van der Waals surface area contributed by atoms with Gasteiger partial charge in [0.2, 0.25) is 0 Å². The molecule has 0 bridgehead atoms. The number of rotatable bonds is 15. The van der Waals surface area contributed by atoms with Crippen molar-refractivity contribution >= 4 is 137 Å². The molecule has 618 valence electrons. The Morgan fingerprint density at radius 1 is 0.211 bits per heavy atom. The van der Waals surface area contributed by atoms with Gasteiger partial charge in [0.15, 0.2) is 68.7 Å². The molecule has 0 fully saturated rings. The maximum Gasteiger partial charge on any atom is 0.164 e. The quantitative estimate of drug-likeness (QED) is 0.0921. The Labute approximate surface area is 731 Å². The minimum atomic E-state index is 0.730. The number of fused-ring (bicyclic) bond motifs is 20. The van der Waals surface area contributed by atoms with Crippen molar-refractivity contribution in [2.45, 2.75) is 85.0 Å². The average Bonchev–Trinajstić information content (AvgIpc) is 1.62. The summed E-state index contributed by atoms with van der Waals surface area (Å²) in [7, 11) is 0. The van der Waals surface area contributed by atoms with Crippen LogP contribution >= 0.6 is 0 Å². The molecule has 0 saturated carbocycles. The van der Waals surface area contributed by atoms with E-state index in [0.717, 1.165) is 243 Å². The molecule has 0 spiro atoms. The van der Waals surface area contributed by atoms with Crippen LogP contribution in [0.3, 0.4) is 0 Å². The van der Waals surface area contributed by atoms with Crippen LogP contribution in [0.1, 0.15) is 74.4 Å². The van der Waals surface area contributed by atoms with Gasteiger partial charge in [0, 0.05) is 166 Å². The van der Waals surface area contributed by atoms with Gasteiger partial charge in [0.05, 0.1) is 44.3 Å². The van der Waals surface area contributed by atoms with Gasteiger partial charge in [-0.1, -0.05) is 103 Å². The van der Waals surface area contributed by atoms with Crippen LogP contribution in [0.25, 0.3) is 137 Å². The fourth-order valence-corrected chi connectivity index (χ4v) is 16.1. The van der Waals surface area contributed by atoms with Crippen LogP contribution in [0.2, 0.25) is 0 Å². The van der Waals surface area contributed by atoms with Crippen LogP contribution in [0, 0.1) is 20.8 Å². The number of nitrogens with zero attached hydrogens (tertiary/aromatic N) is 26. The van der Waals surface area contributed by atoms with Crippen LogP contribution in [-0.4, -0.2) is 128 Å². The highest BCUT2D eigenvalue weighted by molar-refractivity contribution is 5.96. The Balaban J connectivity index is 0.0000000973. The summed E-state index contributed by atoms with van der Waals surface area (Å²) in [5, 5.41) is 35.3. The maximum atomic E-state index is 4.88. The topological polar surface area (TPSA) is 293 Å². The van der Waals surface area contributed by atoms with Gasteiger partial charge in [-0.2, -0.15) is 25.5 Å². The van der Waals surface area contributed by atoms with E-state index in [-0.39, 0.29) is 0 Å². The Kier molecular flexibility index (Phi) is 21.4. The SMILES string of the molecule is Cc1ccc(C)c2nc(CCc3nc4c5cccnc5ccn4n3)ccc12.Cc1ccc2c(ccn3nc(CCc4ccc5cccnc5n4)nc23)n1.c1ccc2c(c1)ccn1nc(CCc3ccc4ncccc4n3)nc21.c1ccc2c(c1)ccn1nc(CCc3cnc4ccccc4n3)nc21.c1cnc2nc(CCc3nc4c5ccccc5ccn4n3)ccc2c1. The van der Waals surface area contributed by atoms with Gasteiger partial charge >= 0.3 is 0 Å². The molecule has 26 nitrogen and oxygen atoms in total. The van der Waals surface area contributed by atoms with E-state index in [1.165, 1.54) is 32.7 Å². The van der Waals surface area contributed by atoms with Crippen molar-refractivity contribution in [3.8, 4) is 0 Å². The fourth-order valence-electron chi connectivity index (χ4n) is 16.1. The Morgan fingerprint density at radius 2 is 0.570 bits per heavy atom. The molecule has 25 rings (SSSR count). The van der Waals surface area contributed by atoms with E-state index < -0.39 is 0 Å². The van der Waals surface area contributed by atoms with Crippen LogP contribution in [0.15, 0.2) is 311 Å². The zero-order chi connectivity index (χ0) is 85.8. The van der Waals surface area contributed by atoms with Crippen LogP contribution < -0.4 is 0 Å². The summed E-state index contributed by atoms with van der Waals surface area (Å²) < 4.78 is 9.22. The summed E-state index contributed by atoms with van der Waals surface area (Å²) in [6.45, 7) is 6.23. The number of aryl methyl sites for hydroxylation is 13. The monoisotopic (exact) mass is 1670 g/mol. The molecule has 0 radical (unpaired) electrons. The first kappa shape index (κ1) is 78.5. The second kappa shape index (κ2) is 34.9. The number of hydrogen-bond acceptors (Lipinski definition) is 21. The highest BCUT2D eigenvalue weighted by Crippen LogP contribution is 2.27. The average molecular weight is 1670 g/mol. The molecule has 5 aromatic carbocycles. The fraction of sp³-hybridized carbons (Fsp3) is 0.127. The van der Waals surface area contributed by atoms with Gasteiger partial charge < -0.3 is 0 Å². The zero-order valence-electron chi connectivity index (χ0n) is 70.1. The van der Waals surface area contributed by atoms with Crippen LogP contribution in [0.4, 0.5) is 0 Å². The van der Waals surface area contributed by atoms with Crippen molar-refractivity contribution in [2.75, 3.05) is 0 Å². The smallest absolute Gasteiger partial charge is 0.164 e. The minimum absolute atomic E-state index is 0.730. The summed E-state index contributed by atoms with van der Waals surface area (Å²) in [5.74, 6) is 4.13. The molecule has 0 saturated heterocycles. The standard InChI is InChI=1S/C22H19N5.C20H16N6.3C20H15N5/c1-14-5-6-15(2)21-17(14)9-7-16(24-21)8-10-20-25-22-18-4-3-12-23-19(18)11-13-27(22)26-20;1-13-4-8-16-17(22-13)10-12-26-20(16)24-18(25-26)9-7-15-6-5-14-3-2-11-21-19(14)23-15;1-2-6-16-14(5-1)11-12-25-20(16)23-19(24-25)10-9-15-13-21-17-7-3-4-8-18(17)22-15;1-2-6-17-14(4-1)11-13-25-20(17)23-18(24-25)10-9-16-8-7-15-5-3-12-21-19(15)22-16;1-2-5-16-14(4-1)11-13-25-20(16)23-19(24-25)10-8-15-7-9-17-18(22-15)6-3-12-21-17/h3-7,9,11-13H,8,10H2,1-2H3;2-6,8,10-12H,7,9H2,1H3;2*1-8,11-13H,9-10H2;1-7,9,11-13H,8,10H2. The summed E-state index contributed by atoms with van der Waals surface area (Å²) in [6.07, 6.45) is 26.4. The second-order valence-corrected chi connectivity index (χ2v) is 31.4. The first-order chi connectivity index (χ1) is 63.0. The van der Waals surface area contributed by atoms with Gasteiger partial charge in [-0.15, -0.1) is 0 Å². The Morgan fingerprint density at radius 3 is 1.11 bits per heavy atom. The zero-order valence-corrected chi connectivity index (χ0v) is 70.1. The molecule has 0 aliphatic rings. The first-order valence-corrected chi connectivity index (χ1v) is 42.6. The molecule has 0 aliphatic heterocycles. The van der Waals surface area contributed by atoms with Gasteiger partial charge in [-0.25, -0.2) is 72.4 Å². The van der Waals surface area contributed by atoms with Crippen molar-refractivity contribution in [3.63, 3.8) is 0 Å². The van der Waals surface area contributed by atoms with E-state index in [1.54, 1.807) is 24.8 Å². The summed E-state index contributed by atoms with van der Waals surface area (Å²) in [6, 6.07) is 83.4. The molecule has 20 aromatic heterocycles. The molecular weight excluding hydrogens is 1590 g/mol. The predicted octanol–water partition coefficient (Wildman–Crippen LogP) is 18.4. The maximum absolute atomic E-state index is 4.88.